The monoisotopic (exact) mass is 313 g/mol. The van der Waals surface area contributed by atoms with Crippen molar-refractivity contribution in [2.75, 3.05) is 0 Å². The van der Waals surface area contributed by atoms with Gasteiger partial charge in [0.2, 0.25) is 0 Å². The van der Waals surface area contributed by atoms with E-state index in [4.69, 9.17) is 4.74 Å². The highest BCUT2D eigenvalue weighted by Crippen LogP contribution is 2.10. The van der Waals surface area contributed by atoms with Crippen LogP contribution in [0.3, 0.4) is 0 Å². The molecule has 7 heteroatoms. The predicted octanol–water partition coefficient (Wildman–Crippen LogP) is 2.05. The van der Waals surface area contributed by atoms with E-state index >= 15 is 0 Å². The summed E-state index contributed by atoms with van der Waals surface area (Å²) in [6.45, 7) is 1.19. The SMILES string of the molecule is Cc1ccc(C(=O)OCn2nnc3ccccc3c2=O)cc1F. The lowest BCUT2D eigenvalue weighted by molar-refractivity contribution is 0.0335. The van der Waals surface area contributed by atoms with Crippen molar-refractivity contribution in [2.45, 2.75) is 13.7 Å². The Balaban J connectivity index is 1.80. The Morgan fingerprint density at radius 2 is 2.04 bits per heavy atom. The van der Waals surface area contributed by atoms with Crippen LogP contribution < -0.4 is 5.56 Å². The van der Waals surface area contributed by atoms with E-state index in [0.29, 0.717) is 16.5 Å². The molecule has 1 aromatic heterocycles. The molecule has 2 aromatic carbocycles. The summed E-state index contributed by atoms with van der Waals surface area (Å²) in [5.74, 6) is -1.24. The number of esters is 1. The zero-order valence-electron chi connectivity index (χ0n) is 12.2. The predicted molar refractivity (Wildman–Crippen MR) is 80.4 cm³/mol. The molecule has 0 bridgehead atoms. The van der Waals surface area contributed by atoms with Crippen LogP contribution in [0.2, 0.25) is 0 Å². The minimum absolute atomic E-state index is 0.0647. The number of aromatic nitrogens is 3. The topological polar surface area (TPSA) is 74.1 Å². The molecular weight excluding hydrogens is 301 g/mol. The third-order valence-corrected chi connectivity index (χ3v) is 3.35. The molecule has 0 N–H and O–H groups in total. The summed E-state index contributed by atoms with van der Waals surface area (Å²) < 4.78 is 19.4. The summed E-state index contributed by atoms with van der Waals surface area (Å²) in [4.78, 5) is 24.1. The van der Waals surface area contributed by atoms with Crippen molar-refractivity contribution in [2.24, 2.45) is 0 Å². The van der Waals surface area contributed by atoms with Crippen molar-refractivity contribution in [3.05, 3.63) is 69.8 Å². The molecule has 23 heavy (non-hydrogen) atoms. The Kier molecular flexibility index (Phi) is 3.84. The highest BCUT2D eigenvalue weighted by atomic mass is 19.1. The fourth-order valence-corrected chi connectivity index (χ4v) is 2.03. The number of nitrogens with zero attached hydrogens (tertiary/aromatic N) is 3. The maximum atomic E-state index is 13.5. The summed E-state index contributed by atoms with van der Waals surface area (Å²) in [5.41, 5.74) is 0.534. The Morgan fingerprint density at radius 1 is 1.26 bits per heavy atom. The van der Waals surface area contributed by atoms with Gasteiger partial charge >= 0.3 is 5.97 Å². The minimum atomic E-state index is -0.745. The van der Waals surface area contributed by atoms with Crippen LogP contribution in [0, 0.1) is 12.7 Å². The number of aryl methyl sites for hydroxylation is 1. The van der Waals surface area contributed by atoms with E-state index in [0.717, 1.165) is 10.7 Å². The molecule has 1 heterocycles. The Hall–Kier alpha value is -3.09. The van der Waals surface area contributed by atoms with E-state index in [-0.39, 0.29) is 5.56 Å². The molecule has 0 saturated carbocycles. The molecule has 3 aromatic rings. The molecule has 0 fully saturated rings. The second-order valence-corrected chi connectivity index (χ2v) is 4.94. The molecule has 0 amide bonds. The fraction of sp³-hybridized carbons (Fsp3) is 0.125. The Labute approximate surface area is 130 Å². The molecule has 0 atom stereocenters. The Morgan fingerprint density at radius 3 is 2.83 bits per heavy atom. The van der Waals surface area contributed by atoms with Crippen molar-refractivity contribution in [1.29, 1.82) is 0 Å². The average Bonchev–Trinajstić information content (AvgIpc) is 2.57. The first-order valence-corrected chi connectivity index (χ1v) is 6.82. The second kappa shape index (κ2) is 5.96. The molecule has 0 aliphatic carbocycles. The van der Waals surface area contributed by atoms with Gasteiger partial charge < -0.3 is 4.74 Å². The van der Waals surface area contributed by atoms with Crippen LogP contribution in [-0.4, -0.2) is 21.0 Å². The number of carbonyl (C=O) groups excluding carboxylic acids is 1. The molecular formula is C16H12FN3O3. The maximum Gasteiger partial charge on any atom is 0.340 e. The Bertz CT molecular complexity index is 953. The van der Waals surface area contributed by atoms with Gasteiger partial charge in [0.15, 0.2) is 6.73 Å². The smallest absolute Gasteiger partial charge is 0.340 e. The zero-order valence-corrected chi connectivity index (χ0v) is 12.2. The van der Waals surface area contributed by atoms with E-state index in [1.165, 1.54) is 12.1 Å². The average molecular weight is 313 g/mol. The molecule has 0 aliphatic heterocycles. The number of benzene rings is 2. The molecule has 0 unspecified atom stereocenters. The number of fused-ring (bicyclic) bond motifs is 1. The van der Waals surface area contributed by atoms with Gasteiger partial charge in [-0.15, -0.1) is 5.10 Å². The molecule has 3 rings (SSSR count). The number of carbonyl (C=O) groups is 1. The van der Waals surface area contributed by atoms with Crippen LogP contribution >= 0.6 is 0 Å². The quantitative estimate of drug-likeness (QED) is 0.692. The summed E-state index contributed by atoms with van der Waals surface area (Å²) in [6, 6.07) is 10.7. The second-order valence-electron chi connectivity index (χ2n) is 4.94. The summed E-state index contributed by atoms with van der Waals surface area (Å²) in [5, 5.41) is 7.96. The summed E-state index contributed by atoms with van der Waals surface area (Å²) in [7, 11) is 0. The van der Waals surface area contributed by atoms with Crippen LogP contribution in [0.4, 0.5) is 4.39 Å². The van der Waals surface area contributed by atoms with Gasteiger partial charge in [-0.05, 0) is 36.8 Å². The molecule has 0 radical (unpaired) electrons. The van der Waals surface area contributed by atoms with E-state index in [1.54, 1.807) is 31.2 Å². The minimum Gasteiger partial charge on any atom is -0.439 e. The lowest BCUT2D eigenvalue weighted by atomic mass is 10.1. The highest BCUT2D eigenvalue weighted by molar-refractivity contribution is 5.89. The van der Waals surface area contributed by atoms with Crippen LogP contribution in [0.25, 0.3) is 10.9 Å². The van der Waals surface area contributed by atoms with E-state index in [2.05, 4.69) is 10.3 Å². The number of rotatable bonds is 3. The molecule has 6 nitrogen and oxygen atoms in total. The first-order chi connectivity index (χ1) is 11.1. The molecule has 0 spiro atoms. The van der Waals surface area contributed by atoms with Crippen molar-refractivity contribution in [1.82, 2.24) is 15.0 Å². The van der Waals surface area contributed by atoms with Crippen LogP contribution in [-0.2, 0) is 11.5 Å². The molecule has 116 valence electrons. The van der Waals surface area contributed by atoms with Gasteiger partial charge in [-0.1, -0.05) is 23.4 Å². The van der Waals surface area contributed by atoms with Gasteiger partial charge in [0.05, 0.1) is 10.9 Å². The highest BCUT2D eigenvalue weighted by Gasteiger charge is 2.11. The molecule has 0 saturated heterocycles. The fourth-order valence-electron chi connectivity index (χ4n) is 2.03. The van der Waals surface area contributed by atoms with Crippen molar-refractivity contribution >= 4 is 16.9 Å². The van der Waals surface area contributed by atoms with Gasteiger partial charge in [0.25, 0.3) is 5.56 Å². The standard InChI is InChI=1S/C16H12FN3O3/c1-10-6-7-11(8-13(10)17)16(22)23-9-20-15(21)12-4-2-3-5-14(12)18-19-20/h2-8H,9H2,1H3. The van der Waals surface area contributed by atoms with Gasteiger partial charge in [0, 0.05) is 0 Å². The van der Waals surface area contributed by atoms with Gasteiger partial charge in [-0.3, -0.25) is 4.79 Å². The van der Waals surface area contributed by atoms with E-state index in [1.807, 2.05) is 0 Å². The van der Waals surface area contributed by atoms with E-state index in [9.17, 15) is 14.0 Å². The molecule has 0 aliphatic rings. The number of hydrogen-bond donors (Lipinski definition) is 0. The van der Waals surface area contributed by atoms with Crippen LogP contribution in [0.1, 0.15) is 15.9 Å². The van der Waals surface area contributed by atoms with Crippen LogP contribution in [0.5, 0.6) is 0 Å². The largest absolute Gasteiger partial charge is 0.439 e. The maximum absolute atomic E-state index is 13.5. The third kappa shape index (κ3) is 2.94. The van der Waals surface area contributed by atoms with Crippen molar-refractivity contribution < 1.29 is 13.9 Å². The zero-order chi connectivity index (χ0) is 16.4. The van der Waals surface area contributed by atoms with Crippen molar-refractivity contribution in [3.8, 4) is 0 Å². The van der Waals surface area contributed by atoms with Gasteiger partial charge in [-0.25, -0.2) is 9.18 Å². The van der Waals surface area contributed by atoms with Gasteiger partial charge in [0.1, 0.15) is 11.3 Å². The first kappa shape index (κ1) is 14.8. The summed E-state index contributed by atoms with van der Waals surface area (Å²) >= 11 is 0. The lowest BCUT2D eigenvalue weighted by Gasteiger charge is -2.07. The van der Waals surface area contributed by atoms with Gasteiger partial charge in [-0.2, -0.15) is 4.68 Å². The van der Waals surface area contributed by atoms with E-state index < -0.39 is 24.1 Å². The van der Waals surface area contributed by atoms with Crippen LogP contribution in [0.15, 0.2) is 47.3 Å². The first-order valence-electron chi connectivity index (χ1n) is 6.82. The normalized spacial score (nSPS) is 10.7. The number of halogens is 1. The summed E-state index contributed by atoms with van der Waals surface area (Å²) in [6.07, 6.45) is 0. The number of ether oxygens (including phenoxy) is 1. The number of hydrogen-bond acceptors (Lipinski definition) is 5. The third-order valence-electron chi connectivity index (χ3n) is 3.35. The van der Waals surface area contributed by atoms with Crippen molar-refractivity contribution in [3.63, 3.8) is 0 Å². The lowest BCUT2D eigenvalue weighted by Crippen LogP contribution is -2.26.